The topological polar surface area (TPSA) is 84.9 Å². The van der Waals surface area contributed by atoms with Crippen LogP contribution in [-0.4, -0.2) is 38.9 Å². The molecule has 1 aromatic rings. The predicted octanol–water partition coefficient (Wildman–Crippen LogP) is 1.04. The van der Waals surface area contributed by atoms with Crippen molar-refractivity contribution in [3.05, 3.63) is 18.2 Å². The molecule has 7 heteroatoms. The monoisotopic (exact) mass is 313 g/mol. The third-order valence-electron chi connectivity index (χ3n) is 4.04. The van der Waals surface area contributed by atoms with Crippen molar-refractivity contribution in [1.82, 2.24) is 4.72 Å². The molecule has 0 unspecified atom stereocenters. The highest BCUT2D eigenvalue weighted by Gasteiger charge is 2.37. The number of aliphatic hydroxyl groups excluding tert-OH is 1. The summed E-state index contributed by atoms with van der Waals surface area (Å²) in [4.78, 5) is 0.131. The van der Waals surface area contributed by atoms with Crippen molar-refractivity contribution < 1.29 is 23.0 Å². The third-order valence-corrected chi connectivity index (χ3v) is 5.61. The van der Waals surface area contributed by atoms with Gasteiger partial charge in [0, 0.05) is 6.07 Å². The quantitative estimate of drug-likeness (QED) is 0.867. The smallest absolute Gasteiger partial charge is 0.241 e. The zero-order chi connectivity index (χ0) is 14.9. The number of sulfonamides is 1. The molecule has 21 heavy (non-hydrogen) atoms. The van der Waals surface area contributed by atoms with Crippen molar-refractivity contribution in [3.8, 4) is 11.5 Å². The Labute approximate surface area is 124 Å². The molecular formula is C14H19NO5S. The molecule has 2 N–H and O–H groups in total. The minimum atomic E-state index is -3.69. The summed E-state index contributed by atoms with van der Waals surface area (Å²) in [5, 5.41) is 9.55. The fraction of sp³-hybridized carbons (Fsp3) is 0.571. The lowest BCUT2D eigenvalue weighted by atomic mass is 10.0. The van der Waals surface area contributed by atoms with E-state index in [9.17, 15) is 13.5 Å². The summed E-state index contributed by atoms with van der Waals surface area (Å²) >= 11 is 0. The summed E-state index contributed by atoms with van der Waals surface area (Å²) < 4.78 is 38.5. The van der Waals surface area contributed by atoms with Crippen LogP contribution in [0.2, 0.25) is 0 Å². The van der Waals surface area contributed by atoms with Crippen molar-refractivity contribution in [3.63, 3.8) is 0 Å². The molecule has 0 atom stereocenters. The number of fused-ring (bicyclic) bond motifs is 1. The first-order valence-electron chi connectivity index (χ1n) is 7.09. The lowest BCUT2D eigenvalue weighted by Crippen LogP contribution is -2.49. The van der Waals surface area contributed by atoms with Gasteiger partial charge in [0.2, 0.25) is 10.0 Å². The van der Waals surface area contributed by atoms with E-state index in [0.717, 1.165) is 12.8 Å². The normalized spacial score (nSPS) is 20.4. The molecule has 0 bridgehead atoms. The van der Waals surface area contributed by atoms with E-state index in [1.165, 1.54) is 12.1 Å². The molecule has 1 aromatic carbocycles. The summed E-state index contributed by atoms with van der Waals surface area (Å²) in [6.07, 6.45) is 3.16. The lowest BCUT2D eigenvalue weighted by Gasteiger charge is -2.28. The average molecular weight is 313 g/mol. The van der Waals surface area contributed by atoms with E-state index in [1.807, 2.05) is 0 Å². The molecule has 3 rings (SSSR count). The van der Waals surface area contributed by atoms with Gasteiger partial charge in [-0.25, -0.2) is 13.1 Å². The number of hydrogen-bond acceptors (Lipinski definition) is 5. The van der Waals surface area contributed by atoms with Crippen LogP contribution in [0.1, 0.15) is 25.7 Å². The molecule has 2 aliphatic rings. The number of hydrogen-bond donors (Lipinski definition) is 2. The van der Waals surface area contributed by atoms with Crippen molar-refractivity contribution in [2.24, 2.45) is 0 Å². The second-order valence-electron chi connectivity index (χ2n) is 5.56. The number of ether oxygens (including phenoxy) is 2. The Bertz CT molecular complexity index is 622. The van der Waals surface area contributed by atoms with Crippen LogP contribution in [0.4, 0.5) is 0 Å². The van der Waals surface area contributed by atoms with Gasteiger partial charge in [-0.1, -0.05) is 12.8 Å². The maximum atomic E-state index is 12.5. The minimum Gasteiger partial charge on any atom is -0.486 e. The summed E-state index contributed by atoms with van der Waals surface area (Å²) in [5.41, 5.74) is -0.730. The largest absolute Gasteiger partial charge is 0.486 e. The van der Waals surface area contributed by atoms with Gasteiger partial charge >= 0.3 is 0 Å². The van der Waals surface area contributed by atoms with E-state index in [-0.39, 0.29) is 11.5 Å². The van der Waals surface area contributed by atoms with E-state index >= 15 is 0 Å². The van der Waals surface area contributed by atoms with Crippen LogP contribution in [0.15, 0.2) is 23.1 Å². The number of nitrogens with one attached hydrogen (secondary N) is 1. The fourth-order valence-corrected chi connectivity index (χ4v) is 4.34. The zero-order valence-corrected chi connectivity index (χ0v) is 12.5. The molecule has 1 fully saturated rings. The minimum absolute atomic E-state index is 0.131. The van der Waals surface area contributed by atoms with Crippen LogP contribution in [-0.2, 0) is 10.0 Å². The first-order chi connectivity index (χ1) is 10.0. The van der Waals surface area contributed by atoms with Gasteiger partial charge in [-0.3, -0.25) is 0 Å². The molecule has 0 aromatic heterocycles. The molecule has 1 saturated carbocycles. The Hall–Kier alpha value is -1.31. The second kappa shape index (κ2) is 5.47. The van der Waals surface area contributed by atoms with Gasteiger partial charge in [0.15, 0.2) is 11.5 Å². The van der Waals surface area contributed by atoms with Crippen LogP contribution in [0.25, 0.3) is 0 Å². The Kier molecular flexibility index (Phi) is 3.81. The maximum absolute atomic E-state index is 12.5. The number of rotatable bonds is 4. The van der Waals surface area contributed by atoms with E-state index < -0.39 is 15.6 Å². The van der Waals surface area contributed by atoms with Gasteiger partial charge < -0.3 is 14.6 Å². The molecule has 0 amide bonds. The van der Waals surface area contributed by atoms with Crippen LogP contribution in [0.3, 0.4) is 0 Å². The zero-order valence-electron chi connectivity index (χ0n) is 11.7. The molecular weight excluding hydrogens is 294 g/mol. The van der Waals surface area contributed by atoms with Crippen LogP contribution in [0.5, 0.6) is 11.5 Å². The van der Waals surface area contributed by atoms with E-state index in [2.05, 4.69) is 4.72 Å². The first kappa shape index (κ1) is 14.6. The van der Waals surface area contributed by atoms with Crippen LogP contribution in [0, 0.1) is 0 Å². The molecule has 1 aliphatic carbocycles. The SMILES string of the molecule is O=S(=O)(NC1(CO)CCCC1)c1ccc2c(c1)OCCO2. The summed E-state index contributed by atoms with van der Waals surface area (Å²) in [7, 11) is -3.69. The average Bonchev–Trinajstić information content (AvgIpc) is 2.95. The van der Waals surface area contributed by atoms with Crippen LogP contribution >= 0.6 is 0 Å². The molecule has 116 valence electrons. The van der Waals surface area contributed by atoms with Gasteiger partial charge in [-0.05, 0) is 25.0 Å². The van der Waals surface area contributed by atoms with Crippen LogP contribution < -0.4 is 14.2 Å². The van der Waals surface area contributed by atoms with E-state index in [0.29, 0.717) is 37.6 Å². The molecule has 0 radical (unpaired) electrons. The van der Waals surface area contributed by atoms with Gasteiger partial charge in [0.1, 0.15) is 13.2 Å². The summed E-state index contributed by atoms with van der Waals surface area (Å²) in [6, 6.07) is 4.57. The van der Waals surface area contributed by atoms with Crippen molar-refractivity contribution in [2.75, 3.05) is 19.8 Å². The van der Waals surface area contributed by atoms with Gasteiger partial charge in [0.05, 0.1) is 17.0 Å². The predicted molar refractivity (Wildman–Crippen MR) is 76.0 cm³/mol. The second-order valence-corrected chi connectivity index (χ2v) is 7.24. The molecule has 0 spiro atoms. The Balaban J connectivity index is 1.88. The molecule has 1 aliphatic heterocycles. The molecule has 1 heterocycles. The number of aliphatic hydroxyl groups is 1. The molecule has 0 saturated heterocycles. The van der Waals surface area contributed by atoms with E-state index in [4.69, 9.17) is 9.47 Å². The Morgan fingerprint density at radius 1 is 1.14 bits per heavy atom. The standard InChI is InChI=1S/C14H19NO5S/c16-10-14(5-1-2-6-14)15-21(17,18)11-3-4-12-13(9-11)20-8-7-19-12/h3-4,9,15-16H,1-2,5-8,10H2. The number of benzene rings is 1. The highest BCUT2D eigenvalue weighted by atomic mass is 32.2. The van der Waals surface area contributed by atoms with Gasteiger partial charge in [0.25, 0.3) is 0 Å². The summed E-state index contributed by atoms with van der Waals surface area (Å²) in [6.45, 7) is 0.687. The van der Waals surface area contributed by atoms with Crippen molar-refractivity contribution in [1.29, 1.82) is 0 Å². The van der Waals surface area contributed by atoms with Gasteiger partial charge in [-0.15, -0.1) is 0 Å². The Morgan fingerprint density at radius 3 is 2.48 bits per heavy atom. The maximum Gasteiger partial charge on any atom is 0.241 e. The lowest BCUT2D eigenvalue weighted by molar-refractivity contribution is 0.171. The third kappa shape index (κ3) is 2.86. The summed E-state index contributed by atoms with van der Waals surface area (Å²) in [5.74, 6) is 0.992. The van der Waals surface area contributed by atoms with E-state index in [1.54, 1.807) is 6.07 Å². The van der Waals surface area contributed by atoms with Crippen molar-refractivity contribution in [2.45, 2.75) is 36.1 Å². The Morgan fingerprint density at radius 2 is 1.81 bits per heavy atom. The fourth-order valence-electron chi connectivity index (χ4n) is 2.88. The molecule has 6 nitrogen and oxygen atoms in total. The first-order valence-corrected chi connectivity index (χ1v) is 8.58. The highest BCUT2D eigenvalue weighted by molar-refractivity contribution is 7.89. The highest BCUT2D eigenvalue weighted by Crippen LogP contribution is 2.34. The van der Waals surface area contributed by atoms with Gasteiger partial charge in [-0.2, -0.15) is 0 Å². The van der Waals surface area contributed by atoms with Crippen molar-refractivity contribution >= 4 is 10.0 Å².